The smallest absolute Gasteiger partial charge is 0.203 e. The van der Waals surface area contributed by atoms with Crippen LogP contribution in [0.15, 0.2) is 53.9 Å². The molecule has 1 aromatic heterocycles. The molecule has 0 N–H and O–H groups in total. The Hall–Kier alpha value is -3.25. The lowest BCUT2D eigenvalue weighted by Crippen LogP contribution is -2.00. The lowest BCUT2D eigenvalue weighted by atomic mass is 10.0. The molecule has 0 atom stereocenters. The molecule has 6 heteroatoms. The van der Waals surface area contributed by atoms with Crippen molar-refractivity contribution in [2.75, 3.05) is 28.4 Å². The third kappa shape index (κ3) is 4.43. The minimum absolute atomic E-state index is 0.187. The van der Waals surface area contributed by atoms with Crippen molar-refractivity contribution >= 4 is 23.2 Å². The third-order valence-electron chi connectivity index (χ3n) is 4.40. The van der Waals surface area contributed by atoms with Gasteiger partial charge in [0.25, 0.3) is 0 Å². The number of hydrogen-bond acceptors (Lipinski definition) is 6. The zero-order valence-electron chi connectivity index (χ0n) is 16.7. The Balaban J connectivity index is 1.94. The number of ketones is 1. The maximum absolute atomic E-state index is 12.8. The van der Waals surface area contributed by atoms with Crippen molar-refractivity contribution in [3.05, 3.63) is 65.0 Å². The second-order valence-electron chi connectivity index (χ2n) is 6.05. The van der Waals surface area contributed by atoms with E-state index in [-0.39, 0.29) is 5.78 Å². The second-order valence-corrected chi connectivity index (χ2v) is 6.99. The predicted octanol–water partition coefficient (Wildman–Crippen LogP) is 5.35. The summed E-state index contributed by atoms with van der Waals surface area (Å²) in [7, 11) is 6.16. The van der Waals surface area contributed by atoms with Crippen LogP contribution in [0.2, 0.25) is 0 Å². The maximum atomic E-state index is 12.8. The first-order valence-corrected chi connectivity index (χ1v) is 9.73. The largest absolute Gasteiger partial charge is 0.496 e. The van der Waals surface area contributed by atoms with Crippen LogP contribution in [0.25, 0.3) is 16.5 Å². The molecule has 1 heterocycles. The van der Waals surface area contributed by atoms with Gasteiger partial charge in [-0.2, -0.15) is 0 Å². The predicted molar refractivity (Wildman–Crippen MR) is 116 cm³/mol. The minimum atomic E-state index is -0.187. The Morgan fingerprint density at radius 3 is 2.10 bits per heavy atom. The monoisotopic (exact) mass is 410 g/mol. The third-order valence-corrected chi connectivity index (χ3v) is 5.32. The molecular weight excluding hydrogens is 388 g/mol. The lowest BCUT2D eigenvalue weighted by Gasteiger charge is -2.13. The zero-order chi connectivity index (χ0) is 20.8. The van der Waals surface area contributed by atoms with E-state index in [0.29, 0.717) is 28.6 Å². The zero-order valence-corrected chi connectivity index (χ0v) is 17.5. The molecule has 0 spiro atoms. The standard InChI is InChI=1S/C23H22O5S/c1-25-19-10-8-16(22-6-5-11-29-22)12-15(19)7-9-18(24)17-13-20(26-2)23(28-4)21(14-17)27-3/h5-14H,1-4H3. The molecule has 3 rings (SSSR count). The Morgan fingerprint density at radius 1 is 0.862 bits per heavy atom. The van der Waals surface area contributed by atoms with Crippen molar-refractivity contribution in [1.82, 2.24) is 0 Å². The van der Waals surface area contributed by atoms with E-state index in [0.717, 1.165) is 16.0 Å². The summed E-state index contributed by atoms with van der Waals surface area (Å²) in [5.41, 5.74) is 2.32. The minimum Gasteiger partial charge on any atom is -0.496 e. The second kappa shape index (κ2) is 9.30. The van der Waals surface area contributed by atoms with E-state index in [2.05, 4.69) is 6.07 Å². The van der Waals surface area contributed by atoms with E-state index in [1.165, 1.54) is 27.4 Å². The van der Waals surface area contributed by atoms with Crippen LogP contribution in [0.1, 0.15) is 15.9 Å². The molecule has 0 unspecified atom stereocenters. The van der Waals surface area contributed by atoms with Crippen LogP contribution in [0.3, 0.4) is 0 Å². The van der Waals surface area contributed by atoms with Crippen molar-refractivity contribution in [1.29, 1.82) is 0 Å². The summed E-state index contributed by atoms with van der Waals surface area (Å²) >= 11 is 1.66. The first kappa shape index (κ1) is 20.5. The first-order chi connectivity index (χ1) is 14.1. The molecule has 29 heavy (non-hydrogen) atoms. The van der Waals surface area contributed by atoms with Crippen LogP contribution in [-0.4, -0.2) is 34.2 Å². The van der Waals surface area contributed by atoms with Gasteiger partial charge in [-0.1, -0.05) is 6.07 Å². The van der Waals surface area contributed by atoms with Crippen LogP contribution in [-0.2, 0) is 0 Å². The number of rotatable bonds is 8. The van der Waals surface area contributed by atoms with E-state index in [9.17, 15) is 4.79 Å². The summed E-state index contributed by atoms with van der Waals surface area (Å²) < 4.78 is 21.4. The number of allylic oxidation sites excluding steroid dienone is 1. The fraction of sp³-hybridized carbons (Fsp3) is 0.174. The van der Waals surface area contributed by atoms with Crippen LogP contribution in [0.4, 0.5) is 0 Å². The molecule has 150 valence electrons. The van der Waals surface area contributed by atoms with Gasteiger partial charge in [-0.25, -0.2) is 0 Å². The summed E-state index contributed by atoms with van der Waals surface area (Å²) in [6.07, 6.45) is 3.26. The summed E-state index contributed by atoms with van der Waals surface area (Å²) in [6.45, 7) is 0. The molecule has 0 amide bonds. The molecule has 0 aliphatic rings. The van der Waals surface area contributed by atoms with Crippen molar-refractivity contribution < 1.29 is 23.7 Å². The summed E-state index contributed by atoms with van der Waals surface area (Å²) in [4.78, 5) is 13.9. The number of carbonyl (C=O) groups excluding carboxylic acids is 1. The fourth-order valence-corrected chi connectivity index (χ4v) is 3.67. The molecule has 0 radical (unpaired) electrons. The maximum Gasteiger partial charge on any atom is 0.203 e. The normalized spacial score (nSPS) is 10.8. The SMILES string of the molecule is COc1ccc(-c2cccs2)cc1C=CC(=O)c1cc(OC)c(OC)c(OC)c1. The highest BCUT2D eigenvalue weighted by molar-refractivity contribution is 7.13. The van der Waals surface area contributed by atoms with Gasteiger partial charge >= 0.3 is 0 Å². The number of methoxy groups -OCH3 is 4. The highest BCUT2D eigenvalue weighted by Gasteiger charge is 2.16. The molecule has 2 aromatic carbocycles. The quantitative estimate of drug-likeness (QED) is 0.370. The summed E-state index contributed by atoms with van der Waals surface area (Å²) in [5.74, 6) is 1.81. The van der Waals surface area contributed by atoms with E-state index >= 15 is 0 Å². The highest BCUT2D eigenvalue weighted by atomic mass is 32.1. The van der Waals surface area contributed by atoms with E-state index < -0.39 is 0 Å². The molecule has 0 bridgehead atoms. The molecule has 0 fully saturated rings. The van der Waals surface area contributed by atoms with Crippen molar-refractivity contribution in [2.45, 2.75) is 0 Å². The van der Waals surface area contributed by atoms with Gasteiger partial charge < -0.3 is 18.9 Å². The van der Waals surface area contributed by atoms with Gasteiger partial charge in [0.2, 0.25) is 5.75 Å². The van der Waals surface area contributed by atoms with Gasteiger partial charge in [-0.05, 0) is 59.5 Å². The average Bonchev–Trinajstić information content (AvgIpc) is 3.31. The van der Waals surface area contributed by atoms with Gasteiger partial charge in [0.1, 0.15) is 5.75 Å². The van der Waals surface area contributed by atoms with Crippen LogP contribution < -0.4 is 18.9 Å². The fourth-order valence-electron chi connectivity index (χ4n) is 2.95. The van der Waals surface area contributed by atoms with Crippen molar-refractivity contribution in [3.8, 4) is 33.4 Å². The van der Waals surface area contributed by atoms with E-state index in [1.807, 2.05) is 29.6 Å². The molecule has 0 saturated carbocycles. The Kier molecular flexibility index (Phi) is 6.57. The van der Waals surface area contributed by atoms with Crippen LogP contribution in [0, 0.1) is 0 Å². The number of carbonyl (C=O) groups is 1. The topological polar surface area (TPSA) is 54.0 Å². The number of benzene rings is 2. The number of hydrogen-bond donors (Lipinski definition) is 0. The van der Waals surface area contributed by atoms with E-state index in [1.54, 1.807) is 36.7 Å². The van der Waals surface area contributed by atoms with Crippen molar-refractivity contribution in [2.24, 2.45) is 0 Å². The highest BCUT2D eigenvalue weighted by Crippen LogP contribution is 2.38. The molecular formula is C23H22O5S. The number of thiophene rings is 1. The molecule has 5 nitrogen and oxygen atoms in total. The van der Waals surface area contributed by atoms with E-state index in [4.69, 9.17) is 18.9 Å². The average molecular weight is 410 g/mol. The first-order valence-electron chi connectivity index (χ1n) is 8.85. The Bertz CT molecular complexity index is 997. The summed E-state index contributed by atoms with van der Waals surface area (Å²) in [6, 6.07) is 13.2. The molecule has 0 saturated heterocycles. The van der Waals surface area contributed by atoms with Crippen LogP contribution in [0.5, 0.6) is 23.0 Å². The van der Waals surface area contributed by atoms with Crippen molar-refractivity contribution in [3.63, 3.8) is 0 Å². The number of ether oxygens (including phenoxy) is 4. The van der Waals surface area contributed by atoms with Gasteiger partial charge in [0.15, 0.2) is 17.3 Å². The molecule has 0 aliphatic carbocycles. The molecule has 0 aliphatic heterocycles. The van der Waals surface area contributed by atoms with Crippen LogP contribution >= 0.6 is 11.3 Å². The Morgan fingerprint density at radius 2 is 1.55 bits per heavy atom. The summed E-state index contributed by atoms with van der Waals surface area (Å²) in [5, 5.41) is 2.03. The van der Waals surface area contributed by atoms with Gasteiger partial charge in [-0.15, -0.1) is 11.3 Å². The lowest BCUT2D eigenvalue weighted by molar-refractivity contribution is 0.104. The van der Waals surface area contributed by atoms with Gasteiger partial charge in [0, 0.05) is 16.0 Å². The van der Waals surface area contributed by atoms with Gasteiger partial charge in [-0.3, -0.25) is 4.79 Å². The van der Waals surface area contributed by atoms with Gasteiger partial charge in [0.05, 0.1) is 28.4 Å². The Labute approximate surface area is 174 Å². The molecule has 3 aromatic rings.